The van der Waals surface area contributed by atoms with Gasteiger partial charge in [-0.2, -0.15) is 4.31 Å². The summed E-state index contributed by atoms with van der Waals surface area (Å²) in [5.41, 5.74) is 2.37. The molecule has 0 saturated carbocycles. The molecule has 1 spiro atoms. The van der Waals surface area contributed by atoms with Crippen molar-refractivity contribution in [1.82, 2.24) is 9.62 Å². The number of halogens is 1. The molecule has 22 heavy (non-hydrogen) atoms. The molecule has 2 aliphatic heterocycles. The zero-order valence-corrected chi connectivity index (χ0v) is 14.9. The second kappa shape index (κ2) is 6.48. The molecule has 0 radical (unpaired) electrons. The quantitative estimate of drug-likeness (QED) is 0.896. The highest BCUT2D eigenvalue weighted by molar-refractivity contribution is 7.89. The van der Waals surface area contributed by atoms with Gasteiger partial charge in [-0.15, -0.1) is 12.4 Å². The van der Waals surface area contributed by atoms with Gasteiger partial charge in [0.2, 0.25) is 10.0 Å². The zero-order valence-electron chi connectivity index (χ0n) is 13.3. The van der Waals surface area contributed by atoms with E-state index in [-0.39, 0.29) is 17.8 Å². The molecule has 6 heteroatoms. The summed E-state index contributed by atoms with van der Waals surface area (Å²) in [5.74, 6) is 0. The fourth-order valence-electron chi connectivity index (χ4n) is 3.49. The number of hydrogen-bond donors (Lipinski definition) is 1. The van der Waals surface area contributed by atoms with Gasteiger partial charge in [-0.25, -0.2) is 8.42 Å². The maximum absolute atomic E-state index is 12.8. The van der Waals surface area contributed by atoms with Gasteiger partial charge in [0.25, 0.3) is 0 Å². The molecule has 2 heterocycles. The van der Waals surface area contributed by atoms with E-state index < -0.39 is 10.0 Å². The van der Waals surface area contributed by atoms with E-state index in [1.807, 2.05) is 19.9 Å². The molecule has 2 aliphatic rings. The Bertz CT molecular complexity index is 640. The fourth-order valence-corrected chi connectivity index (χ4v) is 5.13. The third-order valence-electron chi connectivity index (χ3n) is 5.18. The zero-order chi connectivity index (χ0) is 15.1. The van der Waals surface area contributed by atoms with Crippen molar-refractivity contribution in [2.24, 2.45) is 5.41 Å². The van der Waals surface area contributed by atoms with Gasteiger partial charge in [-0.3, -0.25) is 0 Å². The van der Waals surface area contributed by atoms with Crippen LogP contribution in [0.5, 0.6) is 0 Å². The van der Waals surface area contributed by atoms with Gasteiger partial charge in [0.1, 0.15) is 0 Å². The summed E-state index contributed by atoms with van der Waals surface area (Å²) >= 11 is 0. The van der Waals surface area contributed by atoms with Crippen molar-refractivity contribution in [3.63, 3.8) is 0 Å². The normalized spacial score (nSPS) is 21.7. The van der Waals surface area contributed by atoms with E-state index in [1.165, 1.54) is 0 Å². The summed E-state index contributed by atoms with van der Waals surface area (Å²) in [6, 6.07) is 5.45. The second-order valence-corrected chi connectivity index (χ2v) is 8.52. The lowest BCUT2D eigenvalue weighted by Crippen LogP contribution is -2.39. The molecule has 0 amide bonds. The van der Waals surface area contributed by atoms with Gasteiger partial charge in [-0.1, -0.05) is 6.07 Å². The Labute approximate surface area is 139 Å². The highest BCUT2D eigenvalue weighted by atomic mass is 35.5. The molecule has 0 bridgehead atoms. The van der Waals surface area contributed by atoms with E-state index in [1.54, 1.807) is 16.4 Å². The van der Waals surface area contributed by atoms with Crippen molar-refractivity contribution in [3.8, 4) is 0 Å². The van der Waals surface area contributed by atoms with Gasteiger partial charge in [0, 0.05) is 13.1 Å². The summed E-state index contributed by atoms with van der Waals surface area (Å²) in [4.78, 5) is 0.441. The van der Waals surface area contributed by atoms with Crippen LogP contribution in [0.2, 0.25) is 0 Å². The Morgan fingerprint density at radius 3 is 2.41 bits per heavy atom. The first-order valence-electron chi connectivity index (χ1n) is 7.71. The molecular formula is C16H25ClN2O2S. The lowest BCUT2D eigenvalue weighted by atomic mass is 9.78. The minimum absolute atomic E-state index is 0. The lowest BCUT2D eigenvalue weighted by Gasteiger charge is -2.33. The van der Waals surface area contributed by atoms with Crippen LogP contribution in [0, 0.1) is 19.3 Å². The average molecular weight is 345 g/mol. The highest BCUT2D eigenvalue weighted by Crippen LogP contribution is 2.40. The van der Waals surface area contributed by atoms with E-state index in [9.17, 15) is 8.42 Å². The molecule has 0 aromatic heterocycles. The topological polar surface area (TPSA) is 49.4 Å². The largest absolute Gasteiger partial charge is 0.317 e. The fraction of sp³-hybridized carbons (Fsp3) is 0.625. The number of sulfonamides is 1. The Hall–Kier alpha value is -0.620. The smallest absolute Gasteiger partial charge is 0.243 e. The molecule has 124 valence electrons. The van der Waals surface area contributed by atoms with E-state index in [0.717, 1.165) is 43.5 Å². The first-order valence-corrected chi connectivity index (χ1v) is 9.15. The van der Waals surface area contributed by atoms with Crippen molar-refractivity contribution in [3.05, 3.63) is 29.3 Å². The van der Waals surface area contributed by atoms with Crippen molar-refractivity contribution >= 4 is 22.4 Å². The molecule has 2 saturated heterocycles. The van der Waals surface area contributed by atoms with Crippen molar-refractivity contribution < 1.29 is 8.42 Å². The highest BCUT2D eigenvalue weighted by Gasteiger charge is 2.43. The number of aryl methyl sites for hydroxylation is 2. The minimum atomic E-state index is -3.34. The van der Waals surface area contributed by atoms with Crippen LogP contribution in [0.25, 0.3) is 0 Å². The summed E-state index contributed by atoms with van der Waals surface area (Å²) in [5, 5.41) is 3.37. The Balaban J connectivity index is 0.00000176. The van der Waals surface area contributed by atoms with Crippen molar-refractivity contribution in [1.29, 1.82) is 0 Å². The van der Waals surface area contributed by atoms with Crippen LogP contribution in [0.1, 0.15) is 30.4 Å². The van der Waals surface area contributed by atoms with Crippen LogP contribution in [0.4, 0.5) is 0 Å². The van der Waals surface area contributed by atoms with E-state index in [2.05, 4.69) is 5.32 Å². The molecule has 0 aliphatic carbocycles. The van der Waals surface area contributed by atoms with Crippen LogP contribution in [0.15, 0.2) is 23.1 Å². The van der Waals surface area contributed by atoms with Gasteiger partial charge < -0.3 is 5.32 Å². The molecular weight excluding hydrogens is 320 g/mol. The van der Waals surface area contributed by atoms with Crippen LogP contribution in [-0.4, -0.2) is 38.9 Å². The van der Waals surface area contributed by atoms with Crippen LogP contribution in [-0.2, 0) is 10.0 Å². The Kier molecular flexibility index (Phi) is 5.22. The van der Waals surface area contributed by atoms with Gasteiger partial charge in [0.05, 0.1) is 4.90 Å². The van der Waals surface area contributed by atoms with Crippen LogP contribution in [0.3, 0.4) is 0 Å². The monoisotopic (exact) mass is 344 g/mol. The van der Waals surface area contributed by atoms with Crippen LogP contribution < -0.4 is 5.32 Å². The Morgan fingerprint density at radius 2 is 1.77 bits per heavy atom. The van der Waals surface area contributed by atoms with E-state index in [4.69, 9.17) is 0 Å². The Morgan fingerprint density at radius 1 is 1.09 bits per heavy atom. The number of rotatable bonds is 2. The molecule has 2 fully saturated rings. The molecule has 4 nitrogen and oxygen atoms in total. The van der Waals surface area contributed by atoms with E-state index in [0.29, 0.717) is 18.0 Å². The molecule has 3 rings (SSSR count). The minimum Gasteiger partial charge on any atom is -0.317 e. The third-order valence-corrected chi connectivity index (χ3v) is 7.02. The average Bonchev–Trinajstić information content (AvgIpc) is 2.87. The van der Waals surface area contributed by atoms with Crippen molar-refractivity contribution in [2.45, 2.75) is 38.0 Å². The standard InChI is InChI=1S/C16H24N2O2S.ClH/c1-13-3-4-15(11-14(13)2)21(19,20)18-10-7-16(12-18)5-8-17-9-6-16;/h3-4,11,17H,5-10,12H2,1-2H3;1H. The molecule has 1 aromatic carbocycles. The first kappa shape index (κ1) is 17.7. The summed E-state index contributed by atoms with van der Waals surface area (Å²) in [7, 11) is -3.34. The van der Waals surface area contributed by atoms with Crippen LogP contribution >= 0.6 is 12.4 Å². The molecule has 0 atom stereocenters. The van der Waals surface area contributed by atoms with Gasteiger partial charge >= 0.3 is 0 Å². The second-order valence-electron chi connectivity index (χ2n) is 6.58. The van der Waals surface area contributed by atoms with Gasteiger partial charge in [-0.05, 0) is 74.9 Å². The predicted molar refractivity (Wildman–Crippen MR) is 91.1 cm³/mol. The predicted octanol–water partition coefficient (Wildman–Crippen LogP) is 2.49. The number of nitrogens with zero attached hydrogens (tertiary/aromatic N) is 1. The third kappa shape index (κ3) is 3.18. The summed E-state index contributed by atoms with van der Waals surface area (Å²) in [6.07, 6.45) is 3.18. The first-order chi connectivity index (χ1) is 9.93. The number of hydrogen-bond acceptors (Lipinski definition) is 3. The summed E-state index contributed by atoms with van der Waals surface area (Å²) < 4.78 is 27.4. The number of benzene rings is 1. The lowest BCUT2D eigenvalue weighted by molar-refractivity contribution is 0.218. The number of piperidine rings is 1. The molecule has 0 unspecified atom stereocenters. The molecule has 1 N–H and O–H groups in total. The maximum Gasteiger partial charge on any atom is 0.243 e. The SMILES string of the molecule is Cc1ccc(S(=O)(=O)N2CCC3(CCNCC3)C2)cc1C.Cl. The van der Waals surface area contributed by atoms with Gasteiger partial charge in [0.15, 0.2) is 0 Å². The van der Waals surface area contributed by atoms with E-state index >= 15 is 0 Å². The number of nitrogens with one attached hydrogen (secondary N) is 1. The maximum atomic E-state index is 12.8. The van der Waals surface area contributed by atoms with Crippen molar-refractivity contribution in [2.75, 3.05) is 26.2 Å². The summed E-state index contributed by atoms with van der Waals surface area (Å²) in [6.45, 7) is 7.34. The molecule has 1 aromatic rings.